The number of halogens is 1. The molecule has 1 N–H and O–H groups in total. The van der Waals surface area contributed by atoms with Gasteiger partial charge in [-0.05, 0) is 19.3 Å². The quantitative estimate of drug-likeness (QED) is 0.416. The molecule has 0 aliphatic carbocycles. The zero-order valence-electron chi connectivity index (χ0n) is 9.31. The minimum absolute atomic E-state index is 0.249. The third-order valence-electron chi connectivity index (χ3n) is 2.25. The fourth-order valence-corrected chi connectivity index (χ4v) is 1.91. The highest BCUT2D eigenvalue weighted by Crippen LogP contribution is 2.13. The van der Waals surface area contributed by atoms with Crippen LogP contribution in [0.15, 0.2) is 0 Å². The molecule has 0 unspecified atom stereocenters. The highest BCUT2D eigenvalue weighted by atomic mass is 127. The molecule has 0 radical (unpaired) electrons. The van der Waals surface area contributed by atoms with Crippen LogP contribution in [0.5, 0.6) is 0 Å². The predicted octanol–water partition coefficient (Wildman–Crippen LogP) is 3.14. The number of amides is 1. The second-order valence-corrected chi connectivity index (χ2v) is 4.69. The van der Waals surface area contributed by atoms with Crippen molar-refractivity contribution < 1.29 is 4.79 Å². The van der Waals surface area contributed by atoms with Crippen LogP contribution in [0, 0.1) is 5.92 Å². The van der Waals surface area contributed by atoms with E-state index < -0.39 is 0 Å². The van der Waals surface area contributed by atoms with E-state index in [2.05, 4.69) is 41.8 Å². The van der Waals surface area contributed by atoms with E-state index >= 15 is 0 Å². The minimum atomic E-state index is 0.249. The van der Waals surface area contributed by atoms with Gasteiger partial charge in [0.2, 0.25) is 5.91 Å². The van der Waals surface area contributed by atoms with Crippen molar-refractivity contribution in [3.63, 3.8) is 0 Å². The van der Waals surface area contributed by atoms with Gasteiger partial charge in [0.25, 0.3) is 0 Å². The van der Waals surface area contributed by atoms with Gasteiger partial charge in [0.05, 0.1) is 0 Å². The third-order valence-corrected chi connectivity index (χ3v) is 3.02. The molecule has 0 bridgehead atoms. The molecule has 3 heteroatoms. The molecule has 2 nitrogen and oxygen atoms in total. The Balaban J connectivity index is 3.76. The summed E-state index contributed by atoms with van der Waals surface area (Å²) in [6.07, 6.45) is 5.35. The molecule has 0 aliphatic heterocycles. The summed E-state index contributed by atoms with van der Waals surface area (Å²) in [5, 5.41) is 3.01. The highest BCUT2D eigenvalue weighted by molar-refractivity contribution is 14.1. The van der Waals surface area contributed by atoms with E-state index in [9.17, 15) is 4.79 Å². The Kier molecular flexibility index (Phi) is 9.88. The lowest BCUT2D eigenvalue weighted by Crippen LogP contribution is -2.31. The predicted molar refractivity (Wildman–Crippen MR) is 69.8 cm³/mol. The number of hydrogen-bond acceptors (Lipinski definition) is 1. The lowest BCUT2D eigenvalue weighted by Gasteiger charge is -2.14. The van der Waals surface area contributed by atoms with Crippen LogP contribution in [0.4, 0.5) is 0 Å². The first-order valence-electron chi connectivity index (χ1n) is 5.59. The minimum Gasteiger partial charge on any atom is -0.356 e. The van der Waals surface area contributed by atoms with Crippen molar-refractivity contribution in [3.05, 3.63) is 0 Å². The van der Waals surface area contributed by atoms with Crippen molar-refractivity contribution in [2.45, 2.75) is 46.0 Å². The number of carbonyl (C=O) groups is 1. The van der Waals surface area contributed by atoms with Crippen LogP contribution < -0.4 is 5.32 Å². The number of alkyl halides is 1. The summed E-state index contributed by atoms with van der Waals surface area (Å²) in [6, 6.07) is 0. The first-order chi connectivity index (χ1) is 6.76. The summed E-state index contributed by atoms with van der Waals surface area (Å²) in [5.74, 6) is 0.512. The molecule has 0 saturated carbocycles. The van der Waals surface area contributed by atoms with Gasteiger partial charge in [0.1, 0.15) is 0 Å². The van der Waals surface area contributed by atoms with E-state index in [1.54, 1.807) is 0 Å². The molecule has 14 heavy (non-hydrogen) atoms. The van der Waals surface area contributed by atoms with Crippen molar-refractivity contribution in [3.8, 4) is 0 Å². The number of nitrogens with one attached hydrogen (secondary N) is 1. The van der Waals surface area contributed by atoms with Crippen molar-refractivity contribution in [2.75, 3.05) is 11.0 Å². The zero-order chi connectivity index (χ0) is 10.8. The lowest BCUT2D eigenvalue weighted by molar-refractivity contribution is -0.125. The van der Waals surface area contributed by atoms with Crippen LogP contribution in [-0.4, -0.2) is 16.9 Å². The van der Waals surface area contributed by atoms with Crippen LogP contribution in [0.2, 0.25) is 0 Å². The lowest BCUT2D eigenvalue weighted by atomic mass is 9.97. The SMILES string of the molecule is CCCC(CCC)C(=O)NCCCI. The average molecular weight is 311 g/mol. The summed E-state index contributed by atoms with van der Waals surface area (Å²) in [4.78, 5) is 11.7. The van der Waals surface area contributed by atoms with Crippen molar-refractivity contribution in [1.29, 1.82) is 0 Å². The van der Waals surface area contributed by atoms with Gasteiger partial charge in [-0.3, -0.25) is 4.79 Å². The topological polar surface area (TPSA) is 29.1 Å². The van der Waals surface area contributed by atoms with E-state index in [0.717, 1.165) is 43.1 Å². The molecule has 0 aromatic rings. The molecule has 0 spiro atoms. The summed E-state index contributed by atoms with van der Waals surface area (Å²) < 4.78 is 1.12. The Morgan fingerprint density at radius 3 is 2.29 bits per heavy atom. The summed E-state index contributed by atoms with van der Waals surface area (Å²) in [6.45, 7) is 5.12. The first-order valence-corrected chi connectivity index (χ1v) is 7.12. The second-order valence-electron chi connectivity index (χ2n) is 3.61. The number of carbonyl (C=O) groups excluding carboxylic acids is 1. The second kappa shape index (κ2) is 9.74. The standard InChI is InChI=1S/C11H22INO/c1-3-6-10(7-4-2)11(14)13-9-5-8-12/h10H,3-9H2,1-2H3,(H,13,14). The molecular weight excluding hydrogens is 289 g/mol. The van der Waals surface area contributed by atoms with Gasteiger partial charge in [-0.2, -0.15) is 0 Å². The Hall–Kier alpha value is 0.200. The van der Waals surface area contributed by atoms with Gasteiger partial charge in [-0.25, -0.2) is 0 Å². The Morgan fingerprint density at radius 1 is 1.29 bits per heavy atom. The van der Waals surface area contributed by atoms with Gasteiger partial charge in [-0.1, -0.05) is 49.3 Å². The van der Waals surface area contributed by atoms with E-state index in [4.69, 9.17) is 0 Å². The summed E-state index contributed by atoms with van der Waals surface area (Å²) in [5.41, 5.74) is 0. The van der Waals surface area contributed by atoms with E-state index in [1.807, 2.05) is 0 Å². The molecule has 0 atom stereocenters. The Morgan fingerprint density at radius 2 is 1.86 bits per heavy atom. The molecule has 0 fully saturated rings. The normalized spacial score (nSPS) is 10.6. The maximum absolute atomic E-state index is 11.7. The zero-order valence-corrected chi connectivity index (χ0v) is 11.5. The molecule has 1 amide bonds. The van der Waals surface area contributed by atoms with Gasteiger partial charge >= 0.3 is 0 Å². The van der Waals surface area contributed by atoms with Crippen LogP contribution in [0.3, 0.4) is 0 Å². The first kappa shape index (κ1) is 14.2. The van der Waals surface area contributed by atoms with Gasteiger partial charge < -0.3 is 5.32 Å². The maximum Gasteiger partial charge on any atom is 0.223 e. The van der Waals surface area contributed by atoms with Crippen LogP contribution in [0.1, 0.15) is 46.0 Å². The molecule has 84 valence electrons. The summed E-state index contributed by atoms with van der Waals surface area (Å²) >= 11 is 2.33. The highest BCUT2D eigenvalue weighted by Gasteiger charge is 2.15. The van der Waals surface area contributed by atoms with Crippen LogP contribution in [0.25, 0.3) is 0 Å². The van der Waals surface area contributed by atoms with Crippen LogP contribution in [-0.2, 0) is 4.79 Å². The third kappa shape index (κ3) is 6.62. The monoisotopic (exact) mass is 311 g/mol. The average Bonchev–Trinajstić information content (AvgIpc) is 2.18. The fraction of sp³-hybridized carbons (Fsp3) is 0.909. The molecular formula is C11H22INO. The molecule has 0 heterocycles. The number of rotatable bonds is 8. The number of hydrogen-bond donors (Lipinski definition) is 1. The largest absolute Gasteiger partial charge is 0.356 e. The fourth-order valence-electron chi connectivity index (χ4n) is 1.53. The van der Waals surface area contributed by atoms with E-state index in [1.165, 1.54) is 0 Å². The Bertz CT molecular complexity index is 144. The van der Waals surface area contributed by atoms with E-state index in [0.29, 0.717) is 0 Å². The Labute approximate surface area is 101 Å². The maximum atomic E-state index is 11.7. The van der Waals surface area contributed by atoms with E-state index in [-0.39, 0.29) is 11.8 Å². The smallest absolute Gasteiger partial charge is 0.223 e. The molecule has 0 aromatic heterocycles. The van der Waals surface area contributed by atoms with Gasteiger partial charge in [0, 0.05) is 16.9 Å². The molecule has 0 aliphatic rings. The van der Waals surface area contributed by atoms with Crippen molar-refractivity contribution >= 4 is 28.5 Å². The molecule has 0 aromatic carbocycles. The summed E-state index contributed by atoms with van der Waals surface area (Å²) in [7, 11) is 0. The molecule has 0 rings (SSSR count). The van der Waals surface area contributed by atoms with Gasteiger partial charge in [-0.15, -0.1) is 0 Å². The van der Waals surface area contributed by atoms with Crippen molar-refractivity contribution in [2.24, 2.45) is 5.92 Å². The molecule has 0 saturated heterocycles. The van der Waals surface area contributed by atoms with Gasteiger partial charge in [0.15, 0.2) is 0 Å². The van der Waals surface area contributed by atoms with Crippen LogP contribution >= 0.6 is 22.6 Å². The van der Waals surface area contributed by atoms with Crippen molar-refractivity contribution in [1.82, 2.24) is 5.32 Å².